The van der Waals surface area contributed by atoms with Gasteiger partial charge in [-0.15, -0.1) is 0 Å². The van der Waals surface area contributed by atoms with Crippen LogP contribution in [0.3, 0.4) is 0 Å². The SMILES string of the molecule is CC(C)c1cc(=O)n(CC2CC2)c2cc(OCC(=O)NCc3ccc(F)cc3)ccc12. The number of nitrogens with zero attached hydrogens (tertiary/aromatic N) is 1. The van der Waals surface area contributed by atoms with Crippen molar-refractivity contribution in [3.63, 3.8) is 0 Å². The Bertz CT molecular complexity index is 1150. The second kappa shape index (κ2) is 8.92. The summed E-state index contributed by atoms with van der Waals surface area (Å²) in [6.45, 7) is 5.04. The molecular weight excluding hydrogens is 395 g/mol. The number of rotatable bonds is 8. The predicted octanol–water partition coefficient (Wildman–Crippen LogP) is 4.37. The first-order chi connectivity index (χ1) is 14.9. The minimum absolute atomic E-state index is 0.0114. The summed E-state index contributed by atoms with van der Waals surface area (Å²) < 4.78 is 20.5. The van der Waals surface area contributed by atoms with Gasteiger partial charge >= 0.3 is 0 Å². The van der Waals surface area contributed by atoms with Crippen molar-refractivity contribution >= 4 is 16.8 Å². The first-order valence-corrected chi connectivity index (χ1v) is 10.7. The van der Waals surface area contributed by atoms with Crippen LogP contribution in [0.5, 0.6) is 5.75 Å². The normalized spacial score (nSPS) is 13.5. The van der Waals surface area contributed by atoms with Crippen LogP contribution in [0.2, 0.25) is 0 Å². The molecule has 1 aromatic heterocycles. The lowest BCUT2D eigenvalue weighted by atomic mass is 9.98. The maximum atomic E-state index is 13.0. The Kier molecular flexibility index (Phi) is 6.07. The maximum absolute atomic E-state index is 13.0. The number of benzene rings is 2. The molecule has 4 rings (SSSR count). The minimum Gasteiger partial charge on any atom is -0.484 e. The number of pyridine rings is 1. The molecule has 0 unspecified atom stereocenters. The summed E-state index contributed by atoms with van der Waals surface area (Å²) in [5.74, 6) is 0.767. The lowest BCUT2D eigenvalue weighted by molar-refractivity contribution is -0.123. The van der Waals surface area contributed by atoms with E-state index in [0.29, 0.717) is 18.2 Å². The summed E-state index contributed by atoms with van der Waals surface area (Å²) in [5.41, 5.74) is 2.70. The molecule has 1 N–H and O–H groups in total. The van der Waals surface area contributed by atoms with E-state index in [1.807, 2.05) is 22.8 Å². The van der Waals surface area contributed by atoms with Gasteiger partial charge in [0.2, 0.25) is 0 Å². The average molecular weight is 423 g/mol. The van der Waals surface area contributed by atoms with E-state index in [4.69, 9.17) is 4.74 Å². The smallest absolute Gasteiger partial charge is 0.258 e. The number of ether oxygens (including phenoxy) is 1. The molecule has 5 nitrogen and oxygen atoms in total. The van der Waals surface area contributed by atoms with Crippen LogP contribution in [0.4, 0.5) is 4.39 Å². The molecule has 31 heavy (non-hydrogen) atoms. The molecule has 1 heterocycles. The van der Waals surface area contributed by atoms with E-state index in [9.17, 15) is 14.0 Å². The van der Waals surface area contributed by atoms with Crippen LogP contribution in [0.1, 0.15) is 43.7 Å². The Morgan fingerprint density at radius 3 is 2.58 bits per heavy atom. The van der Waals surface area contributed by atoms with Crippen LogP contribution in [-0.4, -0.2) is 17.1 Å². The summed E-state index contributed by atoms with van der Waals surface area (Å²) in [6.07, 6.45) is 2.31. The van der Waals surface area contributed by atoms with Gasteiger partial charge in [0.25, 0.3) is 11.5 Å². The Hall–Kier alpha value is -3.15. The Labute approximate surface area is 180 Å². The van der Waals surface area contributed by atoms with Crippen LogP contribution < -0.4 is 15.6 Å². The van der Waals surface area contributed by atoms with Gasteiger partial charge in [0, 0.05) is 30.6 Å². The number of halogens is 1. The quantitative estimate of drug-likeness (QED) is 0.586. The zero-order valence-corrected chi connectivity index (χ0v) is 17.9. The number of aromatic nitrogens is 1. The lowest BCUT2D eigenvalue weighted by Gasteiger charge is -2.16. The first kappa shape index (κ1) is 21.1. The van der Waals surface area contributed by atoms with Crippen molar-refractivity contribution in [1.82, 2.24) is 9.88 Å². The van der Waals surface area contributed by atoms with Gasteiger partial charge < -0.3 is 14.6 Å². The lowest BCUT2D eigenvalue weighted by Crippen LogP contribution is -2.28. The molecule has 162 valence electrons. The van der Waals surface area contributed by atoms with Crippen molar-refractivity contribution in [2.24, 2.45) is 5.92 Å². The predicted molar refractivity (Wildman–Crippen MR) is 119 cm³/mol. The molecule has 1 saturated carbocycles. The number of amides is 1. The maximum Gasteiger partial charge on any atom is 0.258 e. The van der Waals surface area contributed by atoms with E-state index in [1.165, 1.54) is 12.1 Å². The molecule has 0 spiro atoms. The van der Waals surface area contributed by atoms with Gasteiger partial charge in [-0.05, 0) is 60.1 Å². The van der Waals surface area contributed by atoms with Crippen molar-refractivity contribution in [3.05, 3.63) is 75.8 Å². The number of carbonyl (C=O) groups is 1. The zero-order chi connectivity index (χ0) is 22.0. The third-order valence-corrected chi connectivity index (χ3v) is 5.65. The van der Waals surface area contributed by atoms with Crippen LogP contribution >= 0.6 is 0 Å². The number of fused-ring (bicyclic) bond motifs is 1. The van der Waals surface area contributed by atoms with E-state index in [1.54, 1.807) is 18.2 Å². The van der Waals surface area contributed by atoms with Crippen LogP contribution in [0, 0.1) is 11.7 Å². The van der Waals surface area contributed by atoms with Gasteiger partial charge in [0.1, 0.15) is 11.6 Å². The highest BCUT2D eigenvalue weighted by atomic mass is 19.1. The molecule has 0 radical (unpaired) electrons. The van der Waals surface area contributed by atoms with E-state index in [0.717, 1.165) is 41.4 Å². The van der Waals surface area contributed by atoms with Gasteiger partial charge in [-0.3, -0.25) is 9.59 Å². The van der Waals surface area contributed by atoms with Crippen LogP contribution in [-0.2, 0) is 17.9 Å². The molecule has 1 fully saturated rings. The molecule has 1 aliphatic rings. The molecule has 0 aliphatic heterocycles. The molecule has 0 atom stereocenters. The summed E-state index contributed by atoms with van der Waals surface area (Å²) in [7, 11) is 0. The third kappa shape index (κ3) is 5.13. The fraction of sp³-hybridized carbons (Fsp3) is 0.360. The number of carbonyl (C=O) groups excluding carboxylic acids is 1. The van der Waals surface area contributed by atoms with Gasteiger partial charge in [0.05, 0.1) is 5.52 Å². The molecule has 2 aromatic carbocycles. The van der Waals surface area contributed by atoms with E-state index in [-0.39, 0.29) is 29.8 Å². The Morgan fingerprint density at radius 2 is 1.90 bits per heavy atom. The van der Waals surface area contributed by atoms with Gasteiger partial charge in [-0.1, -0.05) is 26.0 Å². The first-order valence-electron chi connectivity index (χ1n) is 10.7. The second-order valence-corrected chi connectivity index (χ2v) is 8.52. The summed E-state index contributed by atoms with van der Waals surface area (Å²) >= 11 is 0. The minimum atomic E-state index is -0.310. The highest BCUT2D eigenvalue weighted by Crippen LogP contribution is 2.33. The molecule has 1 amide bonds. The van der Waals surface area contributed by atoms with Crippen LogP contribution in [0.15, 0.2) is 53.3 Å². The zero-order valence-electron chi connectivity index (χ0n) is 17.9. The summed E-state index contributed by atoms with van der Waals surface area (Å²) in [5, 5.41) is 3.81. The summed E-state index contributed by atoms with van der Waals surface area (Å²) in [4.78, 5) is 24.9. The van der Waals surface area contributed by atoms with Crippen molar-refractivity contribution in [3.8, 4) is 5.75 Å². The van der Waals surface area contributed by atoms with Gasteiger partial charge in [-0.2, -0.15) is 0 Å². The number of hydrogen-bond acceptors (Lipinski definition) is 3. The van der Waals surface area contributed by atoms with Gasteiger partial charge in [-0.25, -0.2) is 4.39 Å². The van der Waals surface area contributed by atoms with Crippen molar-refractivity contribution in [2.75, 3.05) is 6.61 Å². The van der Waals surface area contributed by atoms with Gasteiger partial charge in [0.15, 0.2) is 6.61 Å². The van der Waals surface area contributed by atoms with Crippen LogP contribution in [0.25, 0.3) is 10.9 Å². The number of hydrogen-bond donors (Lipinski definition) is 1. The second-order valence-electron chi connectivity index (χ2n) is 8.52. The molecule has 3 aromatic rings. The molecule has 0 bridgehead atoms. The van der Waals surface area contributed by atoms with E-state index < -0.39 is 0 Å². The fourth-order valence-electron chi connectivity index (χ4n) is 3.70. The third-order valence-electron chi connectivity index (χ3n) is 5.65. The summed E-state index contributed by atoms with van der Waals surface area (Å²) in [6, 6.07) is 13.4. The van der Waals surface area contributed by atoms with E-state index in [2.05, 4.69) is 19.2 Å². The molecule has 6 heteroatoms. The highest BCUT2D eigenvalue weighted by molar-refractivity contribution is 5.84. The number of nitrogens with one attached hydrogen (secondary N) is 1. The van der Waals surface area contributed by atoms with Crippen molar-refractivity contribution in [2.45, 2.75) is 45.7 Å². The molecular formula is C25H27FN2O3. The Morgan fingerprint density at radius 1 is 1.16 bits per heavy atom. The van der Waals surface area contributed by atoms with E-state index >= 15 is 0 Å². The van der Waals surface area contributed by atoms with Crippen molar-refractivity contribution < 1.29 is 13.9 Å². The highest BCUT2D eigenvalue weighted by Gasteiger charge is 2.23. The fourth-order valence-corrected chi connectivity index (χ4v) is 3.70. The standard InChI is InChI=1S/C25H27FN2O3/c1-16(2)22-12-25(30)28(14-18-3-4-18)23-11-20(9-10-21(22)23)31-15-24(29)27-13-17-5-7-19(26)8-6-17/h5-12,16,18H,3-4,13-15H2,1-2H3,(H,27,29). The molecule has 0 saturated heterocycles. The topological polar surface area (TPSA) is 60.3 Å². The Balaban J connectivity index is 1.49. The van der Waals surface area contributed by atoms with Crippen molar-refractivity contribution in [1.29, 1.82) is 0 Å². The average Bonchev–Trinajstić information content (AvgIpc) is 3.57. The largest absolute Gasteiger partial charge is 0.484 e. The monoisotopic (exact) mass is 422 g/mol. The molecule has 1 aliphatic carbocycles.